The zero-order valence-electron chi connectivity index (χ0n) is 8.47. The van der Waals surface area contributed by atoms with Gasteiger partial charge in [0.1, 0.15) is 0 Å². The van der Waals surface area contributed by atoms with Crippen molar-refractivity contribution < 1.29 is 0 Å². The highest BCUT2D eigenvalue weighted by molar-refractivity contribution is 9.10. The number of aromatic nitrogens is 1. The maximum absolute atomic E-state index is 4.63. The maximum Gasteiger partial charge on any atom is 0.0992 e. The van der Waals surface area contributed by atoms with Crippen molar-refractivity contribution in [2.24, 2.45) is 0 Å². The van der Waals surface area contributed by atoms with Gasteiger partial charge >= 0.3 is 0 Å². The molecule has 3 heteroatoms. The highest BCUT2D eigenvalue weighted by atomic mass is 79.9. The second kappa shape index (κ2) is 3.31. The SMILES string of the molecule is CC(C)(C)c1nc2cc(Br)ccc2s1. The van der Waals surface area contributed by atoms with Crippen molar-refractivity contribution in [3.8, 4) is 0 Å². The molecule has 2 rings (SSSR count). The highest BCUT2D eigenvalue weighted by Crippen LogP contribution is 2.32. The Morgan fingerprint density at radius 3 is 2.64 bits per heavy atom. The lowest BCUT2D eigenvalue weighted by Gasteiger charge is -2.13. The van der Waals surface area contributed by atoms with Crippen molar-refractivity contribution in [2.45, 2.75) is 26.2 Å². The summed E-state index contributed by atoms with van der Waals surface area (Å²) >= 11 is 5.24. The van der Waals surface area contributed by atoms with E-state index in [1.54, 1.807) is 11.3 Å². The van der Waals surface area contributed by atoms with Gasteiger partial charge in [-0.05, 0) is 18.2 Å². The van der Waals surface area contributed by atoms with Crippen molar-refractivity contribution in [2.75, 3.05) is 0 Å². The Labute approximate surface area is 96.3 Å². The molecule has 0 aliphatic carbocycles. The molecule has 1 aromatic heterocycles. The van der Waals surface area contributed by atoms with Crippen molar-refractivity contribution in [1.82, 2.24) is 4.98 Å². The van der Waals surface area contributed by atoms with Crippen molar-refractivity contribution in [3.63, 3.8) is 0 Å². The van der Waals surface area contributed by atoms with E-state index in [2.05, 4.69) is 59.9 Å². The van der Waals surface area contributed by atoms with E-state index in [1.165, 1.54) is 9.71 Å². The third-order valence-electron chi connectivity index (χ3n) is 1.99. The normalized spacial score (nSPS) is 12.3. The smallest absolute Gasteiger partial charge is 0.0992 e. The predicted octanol–water partition coefficient (Wildman–Crippen LogP) is 4.36. The van der Waals surface area contributed by atoms with Crippen LogP contribution in [0.15, 0.2) is 22.7 Å². The molecule has 0 bridgehead atoms. The van der Waals surface area contributed by atoms with E-state index in [4.69, 9.17) is 0 Å². The molecule has 74 valence electrons. The molecule has 0 aliphatic rings. The van der Waals surface area contributed by atoms with Crippen LogP contribution in [0.1, 0.15) is 25.8 Å². The maximum atomic E-state index is 4.63. The summed E-state index contributed by atoms with van der Waals surface area (Å²) in [4.78, 5) is 4.63. The molecule has 0 unspecified atom stereocenters. The number of fused-ring (bicyclic) bond motifs is 1. The Hall–Kier alpha value is -0.410. The monoisotopic (exact) mass is 269 g/mol. The Morgan fingerprint density at radius 2 is 2.00 bits per heavy atom. The van der Waals surface area contributed by atoms with E-state index in [9.17, 15) is 0 Å². The van der Waals surface area contributed by atoms with Gasteiger partial charge in [0.05, 0.1) is 15.2 Å². The molecule has 1 nitrogen and oxygen atoms in total. The fourth-order valence-corrected chi connectivity index (χ4v) is 2.57. The number of thiazole rings is 1. The first-order valence-electron chi connectivity index (χ1n) is 4.53. The highest BCUT2D eigenvalue weighted by Gasteiger charge is 2.18. The number of halogens is 1. The van der Waals surface area contributed by atoms with E-state index >= 15 is 0 Å². The standard InChI is InChI=1S/C11H12BrNS/c1-11(2,3)10-13-8-6-7(12)4-5-9(8)14-10/h4-6H,1-3H3. The van der Waals surface area contributed by atoms with Crippen LogP contribution < -0.4 is 0 Å². The molecular weight excluding hydrogens is 258 g/mol. The number of nitrogens with zero attached hydrogens (tertiary/aromatic N) is 1. The van der Waals surface area contributed by atoms with E-state index in [0.717, 1.165) is 9.99 Å². The Morgan fingerprint density at radius 1 is 1.29 bits per heavy atom. The second-order valence-corrected chi connectivity index (χ2v) is 6.33. The van der Waals surface area contributed by atoms with Crippen LogP contribution in [0, 0.1) is 0 Å². The van der Waals surface area contributed by atoms with Gasteiger partial charge in [0.2, 0.25) is 0 Å². The number of rotatable bonds is 0. The lowest BCUT2D eigenvalue weighted by molar-refractivity contribution is 0.587. The molecule has 2 aromatic rings. The van der Waals surface area contributed by atoms with Crippen LogP contribution in [-0.4, -0.2) is 4.98 Å². The molecule has 0 spiro atoms. The minimum absolute atomic E-state index is 0.149. The second-order valence-electron chi connectivity index (χ2n) is 4.38. The fourth-order valence-electron chi connectivity index (χ4n) is 1.22. The van der Waals surface area contributed by atoms with Crippen LogP contribution in [0.4, 0.5) is 0 Å². The zero-order valence-corrected chi connectivity index (χ0v) is 10.9. The van der Waals surface area contributed by atoms with Crippen LogP contribution in [0.25, 0.3) is 10.2 Å². The van der Waals surface area contributed by atoms with Gasteiger partial charge in [0, 0.05) is 9.89 Å². The first kappa shape index (κ1) is 10.1. The summed E-state index contributed by atoms with van der Waals surface area (Å²) < 4.78 is 2.36. The summed E-state index contributed by atoms with van der Waals surface area (Å²) in [5.74, 6) is 0. The van der Waals surface area contributed by atoms with Gasteiger partial charge in [0.25, 0.3) is 0 Å². The zero-order chi connectivity index (χ0) is 10.3. The van der Waals surface area contributed by atoms with Crippen LogP contribution in [-0.2, 0) is 5.41 Å². The topological polar surface area (TPSA) is 12.9 Å². The first-order chi connectivity index (χ1) is 6.47. The third-order valence-corrected chi connectivity index (χ3v) is 3.95. The minimum Gasteiger partial charge on any atom is -0.241 e. The van der Waals surface area contributed by atoms with Gasteiger partial charge in [-0.1, -0.05) is 36.7 Å². The molecule has 0 aliphatic heterocycles. The summed E-state index contributed by atoms with van der Waals surface area (Å²) in [6.07, 6.45) is 0. The van der Waals surface area contributed by atoms with E-state index in [0.29, 0.717) is 0 Å². The van der Waals surface area contributed by atoms with Crippen molar-refractivity contribution in [1.29, 1.82) is 0 Å². The van der Waals surface area contributed by atoms with E-state index in [1.807, 2.05) is 0 Å². The van der Waals surface area contributed by atoms with Crippen molar-refractivity contribution >= 4 is 37.5 Å². The molecule has 0 saturated carbocycles. The van der Waals surface area contributed by atoms with Gasteiger partial charge in [0.15, 0.2) is 0 Å². The molecule has 0 radical (unpaired) electrons. The van der Waals surface area contributed by atoms with Crippen LogP contribution >= 0.6 is 27.3 Å². The third kappa shape index (κ3) is 1.84. The lowest BCUT2D eigenvalue weighted by Crippen LogP contribution is -2.09. The summed E-state index contributed by atoms with van der Waals surface area (Å²) in [5.41, 5.74) is 1.24. The number of hydrogen-bond donors (Lipinski definition) is 0. The van der Waals surface area contributed by atoms with Crippen LogP contribution in [0.2, 0.25) is 0 Å². The Balaban J connectivity index is 2.63. The lowest BCUT2D eigenvalue weighted by atomic mass is 9.98. The van der Waals surface area contributed by atoms with E-state index in [-0.39, 0.29) is 5.41 Å². The van der Waals surface area contributed by atoms with E-state index < -0.39 is 0 Å². The molecule has 0 saturated heterocycles. The molecule has 1 heterocycles. The molecular formula is C11H12BrNS. The van der Waals surface area contributed by atoms with Gasteiger partial charge in [-0.25, -0.2) is 4.98 Å². The summed E-state index contributed by atoms with van der Waals surface area (Å²) in [6.45, 7) is 6.58. The molecule has 1 aromatic carbocycles. The average Bonchev–Trinajstić information content (AvgIpc) is 2.45. The summed E-state index contributed by atoms with van der Waals surface area (Å²) in [5, 5.41) is 1.20. The van der Waals surface area contributed by atoms with Gasteiger partial charge in [-0.3, -0.25) is 0 Å². The number of benzene rings is 1. The first-order valence-corrected chi connectivity index (χ1v) is 6.14. The number of hydrogen-bond acceptors (Lipinski definition) is 2. The van der Waals surface area contributed by atoms with Gasteiger partial charge < -0.3 is 0 Å². The fraction of sp³-hybridized carbons (Fsp3) is 0.364. The molecule has 0 N–H and O–H groups in total. The molecule has 14 heavy (non-hydrogen) atoms. The summed E-state index contributed by atoms with van der Waals surface area (Å²) in [6, 6.07) is 6.25. The Kier molecular flexibility index (Phi) is 2.40. The molecule has 0 amide bonds. The molecule has 0 fully saturated rings. The minimum atomic E-state index is 0.149. The van der Waals surface area contributed by atoms with Gasteiger partial charge in [-0.2, -0.15) is 0 Å². The van der Waals surface area contributed by atoms with Crippen LogP contribution in [0.5, 0.6) is 0 Å². The van der Waals surface area contributed by atoms with Gasteiger partial charge in [-0.15, -0.1) is 11.3 Å². The van der Waals surface area contributed by atoms with Crippen LogP contribution in [0.3, 0.4) is 0 Å². The summed E-state index contributed by atoms with van der Waals surface area (Å²) in [7, 11) is 0. The van der Waals surface area contributed by atoms with Crippen molar-refractivity contribution in [3.05, 3.63) is 27.7 Å². The average molecular weight is 270 g/mol. The largest absolute Gasteiger partial charge is 0.241 e. The molecule has 0 atom stereocenters. The predicted molar refractivity (Wildman–Crippen MR) is 66.0 cm³/mol. The quantitative estimate of drug-likeness (QED) is 0.693. The Bertz CT molecular complexity index is 468.